The fraction of sp³-hybridized carbons (Fsp3) is 0.350. The number of primary amides is 1. The van der Waals surface area contributed by atoms with E-state index in [9.17, 15) is 10.1 Å². The van der Waals surface area contributed by atoms with Crippen molar-refractivity contribution in [1.82, 2.24) is 19.9 Å². The molecule has 0 unspecified atom stereocenters. The average Bonchev–Trinajstić information content (AvgIpc) is 3.43. The number of nitrogens with two attached hydrogens (primary N) is 1. The first-order chi connectivity index (χ1) is 14.0. The quantitative estimate of drug-likeness (QED) is 0.658. The van der Waals surface area contributed by atoms with Crippen LogP contribution in [-0.2, 0) is 5.54 Å². The van der Waals surface area contributed by atoms with Crippen molar-refractivity contribution in [2.75, 3.05) is 5.32 Å². The second kappa shape index (κ2) is 7.39. The summed E-state index contributed by atoms with van der Waals surface area (Å²) in [5.74, 6) is 0.817. The third-order valence-electron chi connectivity index (χ3n) is 5.33. The van der Waals surface area contributed by atoms with Gasteiger partial charge in [-0.25, -0.2) is 0 Å². The summed E-state index contributed by atoms with van der Waals surface area (Å²) in [6, 6.07) is 9.60. The number of nitriles is 1. The van der Waals surface area contributed by atoms with E-state index in [0.29, 0.717) is 29.5 Å². The molecule has 3 N–H and O–H groups in total. The zero-order valence-electron chi connectivity index (χ0n) is 16.1. The van der Waals surface area contributed by atoms with Crippen LogP contribution in [-0.4, -0.2) is 25.8 Å². The van der Waals surface area contributed by atoms with E-state index in [-0.39, 0.29) is 5.54 Å². The molecular formula is C20H21N7O2. The minimum atomic E-state index is -0.568. The molecule has 1 aromatic carbocycles. The summed E-state index contributed by atoms with van der Waals surface area (Å²) in [5.41, 5.74) is 7.02. The Morgan fingerprint density at radius 1 is 1.34 bits per heavy atom. The number of carbonyl (C=O) groups is 1. The summed E-state index contributed by atoms with van der Waals surface area (Å²) in [5, 5.41) is 20.8. The maximum atomic E-state index is 12.0. The van der Waals surface area contributed by atoms with E-state index < -0.39 is 5.91 Å². The number of benzene rings is 1. The van der Waals surface area contributed by atoms with Gasteiger partial charge in [-0.05, 0) is 44.0 Å². The lowest BCUT2D eigenvalue weighted by atomic mass is 9.94. The normalized spacial score (nSPS) is 15.2. The Bertz CT molecular complexity index is 1070. The highest BCUT2D eigenvalue weighted by Gasteiger charge is 2.37. The van der Waals surface area contributed by atoms with Gasteiger partial charge in [0.25, 0.3) is 11.8 Å². The molecule has 1 amide bonds. The predicted octanol–water partition coefficient (Wildman–Crippen LogP) is 3.27. The molecule has 9 nitrogen and oxygen atoms in total. The Hall–Kier alpha value is -3.67. The van der Waals surface area contributed by atoms with Crippen molar-refractivity contribution in [3.8, 4) is 17.5 Å². The van der Waals surface area contributed by atoms with Gasteiger partial charge in [-0.15, -0.1) is 0 Å². The van der Waals surface area contributed by atoms with Gasteiger partial charge in [0.2, 0.25) is 0 Å². The number of anilines is 2. The molecule has 4 rings (SSSR count). The third-order valence-corrected chi connectivity index (χ3v) is 5.33. The minimum Gasteiger partial charge on any atom is -0.365 e. The Morgan fingerprint density at radius 3 is 2.66 bits per heavy atom. The first-order valence-electron chi connectivity index (χ1n) is 9.45. The molecule has 0 radical (unpaired) electrons. The van der Waals surface area contributed by atoms with Crippen LogP contribution in [0.4, 0.5) is 11.5 Å². The number of aromatic nitrogens is 4. The van der Waals surface area contributed by atoms with Gasteiger partial charge in [0.15, 0.2) is 11.6 Å². The second-order valence-electron chi connectivity index (χ2n) is 7.32. The Morgan fingerprint density at radius 2 is 2.07 bits per heavy atom. The molecule has 0 aliphatic heterocycles. The van der Waals surface area contributed by atoms with Crippen molar-refractivity contribution in [2.45, 2.75) is 44.6 Å². The van der Waals surface area contributed by atoms with Gasteiger partial charge in [-0.1, -0.05) is 18.0 Å². The van der Waals surface area contributed by atoms with Gasteiger partial charge in [0.05, 0.1) is 18.0 Å². The molecule has 148 valence electrons. The number of nitrogens with zero attached hydrogens (tertiary/aromatic N) is 5. The van der Waals surface area contributed by atoms with E-state index in [0.717, 1.165) is 36.9 Å². The molecule has 1 aliphatic carbocycles. The Labute approximate surface area is 167 Å². The largest absolute Gasteiger partial charge is 0.365 e. The van der Waals surface area contributed by atoms with E-state index in [1.54, 1.807) is 17.8 Å². The lowest BCUT2D eigenvalue weighted by Gasteiger charge is -2.26. The number of rotatable bonds is 6. The van der Waals surface area contributed by atoms with Gasteiger partial charge >= 0.3 is 0 Å². The van der Waals surface area contributed by atoms with Crippen LogP contribution in [0.15, 0.2) is 35.0 Å². The highest BCUT2D eigenvalue weighted by molar-refractivity contribution is 5.98. The van der Waals surface area contributed by atoms with Crippen molar-refractivity contribution >= 4 is 17.4 Å². The number of hydrogen-bond acceptors (Lipinski definition) is 7. The number of carbonyl (C=O) groups excluding carboxylic acids is 1. The van der Waals surface area contributed by atoms with Crippen LogP contribution in [0.1, 0.15) is 48.3 Å². The van der Waals surface area contributed by atoms with Crippen LogP contribution < -0.4 is 11.1 Å². The summed E-state index contributed by atoms with van der Waals surface area (Å²) >= 11 is 0. The van der Waals surface area contributed by atoms with Crippen molar-refractivity contribution in [3.63, 3.8) is 0 Å². The van der Waals surface area contributed by atoms with Gasteiger partial charge in [-0.2, -0.15) is 15.3 Å². The van der Waals surface area contributed by atoms with Crippen molar-refractivity contribution in [1.29, 1.82) is 5.26 Å². The van der Waals surface area contributed by atoms with E-state index in [1.807, 2.05) is 24.3 Å². The predicted molar refractivity (Wildman–Crippen MR) is 105 cm³/mol. The fourth-order valence-corrected chi connectivity index (χ4v) is 3.80. The van der Waals surface area contributed by atoms with Gasteiger partial charge in [0, 0.05) is 17.4 Å². The lowest BCUT2D eigenvalue weighted by Crippen LogP contribution is -2.30. The van der Waals surface area contributed by atoms with Crippen molar-refractivity contribution in [3.05, 3.63) is 41.9 Å². The number of nitrogens with one attached hydrogen (secondary N) is 1. The summed E-state index contributed by atoms with van der Waals surface area (Å²) in [7, 11) is 0. The molecule has 1 fully saturated rings. The highest BCUT2D eigenvalue weighted by atomic mass is 16.5. The maximum absolute atomic E-state index is 12.0. The summed E-state index contributed by atoms with van der Waals surface area (Å²) in [6.07, 6.45) is 5.80. The topological polar surface area (TPSA) is 136 Å². The SMILES string of the molecule is Cc1noc(-c2ccc(Nc3nn(C4(CC#N)CCCC4)cc3C(N)=O)cc2)n1. The molecule has 1 saturated carbocycles. The molecule has 0 spiro atoms. The fourth-order valence-electron chi connectivity index (χ4n) is 3.80. The second-order valence-corrected chi connectivity index (χ2v) is 7.32. The molecular weight excluding hydrogens is 370 g/mol. The van der Waals surface area contributed by atoms with E-state index in [1.165, 1.54) is 0 Å². The molecule has 0 bridgehead atoms. The monoisotopic (exact) mass is 391 g/mol. The van der Waals surface area contributed by atoms with Crippen LogP contribution in [0.3, 0.4) is 0 Å². The van der Waals surface area contributed by atoms with E-state index in [4.69, 9.17) is 10.3 Å². The van der Waals surface area contributed by atoms with E-state index in [2.05, 4.69) is 26.6 Å². The zero-order valence-corrected chi connectivity index (χ0v) is 16.1. The molecule has 1 aliphatic rings. The molecule has 0 atom stereocenters. The van der Waals surface area contributed by atoms with Crippen molar-refractivity contribution in [2.24, 2.45) is 5.73 Å². The summed E-state index contributed by atoms with van der Waals surface area (Å²) in [4.78, 5) is 16.2. The first kappa shape index (κ1) is 18.7. The molecule has 2 aromatic heterocycles. The van der Waals surface area contributed by atoms with Crippen molar-refractivity contribution < 1.29 is 9.32 Å². The molecule has 9 heteroatoms. The smallest absolute Gasteiger partial charge is 0.257 e. The molecule has 0 saturated heterocycles. The van der Waals surface area contributed by atoms with E-state index >= 15 is 0 Å². The Balaban J connectivity index is 1.62. The molecule has 3 aromatic rings. The first-order valence-corrected chi connectivity index (χ1v) is 9.45. The van der Waals surface area contributed by atoms with Crippen LogP contribution >= 0.6 is 0 Å². The summed E-state index contributed by atoms with van der Waals surface area (Å²) < 4.78 is 6.92. The zero-order chi connectivity index (χ0) is 20.4. The number of hydrogen-bond donors (Lipinski definition) is 2. The Kier molecular flexibility index (Phi) is 4.76. The number of amides is 1. The minimum absolute atomic E-state index is 0.297. The maximum Gasteiger partial charge on any atom is 0.257 e. The standard InChI is InChI=1S/C20H21N7O2/c1-13-23-19(29-26-13)14-4-6-15(7-5-14)24-18-16(17(22)28)12-27(25-18)20(10-11-21)8-2-3-9-20/h4-7,12H,2-3,8-10H2,1H3,(H2,22,28)(H,24,25). The van der Waals surface area contributed by atoms with Gasteiger partial charge in [0.1, 0.15) is 5.56 Å². The summed E-state index contributed by atoms with van der Waals surface area (Å²) in [6.45, 7) is 1.76. The van der Waals surface area contributed by atoms with Crippen LogP contribution in [0.25, 0.3) is 11.5 Å². The lowest BCUT2D eigenvalue weighted by molar-refractivity contribution is 0.100. The average molecular weight is 391 g/mol. The third kappa shape index (κ3) is 3.57. The number of aryl methyl sites for hydroxylation is 1. The van der Waals surface area contributed by atoms with Crippen LogP contribution in [0.5, 0.6) is 0 Å². The highest BCUT2D eigenvalue weighted by Crippen LogP contribution is 2.40. The van der Waals surface area contributed by atoms with Crippen LogP contribution in [0, 0.1) is 18.3 Å². The van der Waals surface area contributed by atoms with Gasteiger partial charge < -0.3 is 15.6 Å². The molecule has 2 heterocycles. The molecule has 29 heavy (non-hydrogen) atoms. The van der Waals surface area contributed by atoms with Crippen LogP contribution in [0.2, 0.25) is 0 Å². The van der Waals surface area contributed by atoms with Gasteiger partial charge in [-0.3, -0.25) is 9.48 Å².